The van der Waals surface area contributed by atoms with Gasteiger partial charge in [-0.3, -0.25) is 0 Å². The second-order valence-electron chi connectivity index (χ2n) is 8.12. The summed E-state index contributed by atoms with van der Waals surface area (Å²) in [6.07, 6.45) is 0.889. The molecule has 1 aromatic carbocycles. The minimum Gasteiger partial charge on any atom is -0.444 e. The average molecular weight is 398 g/mol. The van der Waals surface area contributed by atoms with Gasteiger partial charge < -0.3 is 25.4 Å². The van der Waals surface area contributed by atoms with E-state index in [9.17, 15) is 9.90 Å². The number of hydrogen-bond acceptors (Lipinski definition) is 5. The number of benzene rings is 1. The van der Waals surface area contributed by atoms with Crippen LogP contribution in [0.25, 0.3) is 0 Å². The van der Waals surface area contributed by atoms with E-state index in [0.717, 1.165) is 29.8 Å². The van der Waals surface area contributed by atoms with Crippen molar-refractivity contribution in [2.45, 2.75) is 58.3 Å². The molecule has 1 aliphatic rings. The maximum Gasteiger partial charge on any atom is 0.410 e. The van der Waals surface area contributed by atoms with Gasteiger partial charge in [0.1, 0.15) is 5.60 Å². The number of aryl methyl sites for hydroxylation is 1. The summed E-state index contributed by atoms with van der Waals surface area (Å²) in [6.45, 7) is 9.44. The minimum atomic E-state index is -0.585. The molecule has 27 heavy (non-hydrogen) atoms. The highest BCUT2D eigenvalue weighted by Crippen LogP contribution is 2.26. The van der Waals surface area contributed by atoms with Crippen molar-refractivity contribution < 1.29 is 14.6 Å². The number of anilines is 2. The molecule has 1 heterocycles. The molecule has 1 fully saturated rings. The number of halogens is 1. The van der Waals surface area contributed by atoms with Crippen LogP contribution in [0.4, 0.5) is 16.2 Å². The van der Waals surface area contributed by atoms with Crippen LogP contribution in [0, 0.1) is 6.92 Å². The normalized spacial score (nSPS) is 16.7. The van der Waals surface area contributed by atoms with Crippen LogP contribution in [0.2, 0.25) is 0 Å². The standard InChI is InChI=1S/C20H32ClN3O3/c1-14-5-6-17(22-13-16(25)12-21)18(11-14)23-15-7-9-24(10-8-15)19(26)27-20(2,3)4/h5-6,11,15-16,22-23,25H,7-10,12-13H2,1-4H3. The Hall–Kier alpha value is -1.66. The number of nitrogens with zero attached hydrogens (tertiary/aromatic N) is 1. The van der Waals surface area contributed by atoms with Crippen molar-refractivity contribution in [2.75, 3.05) is 36.1 Å². The molecule has 2 rings (SSSR count). The van der Waals surface area contributed by atoms with E-state index in [2.05, 4.69) is 16.7 Å². The molecule has 1 aliphatic heterocycles. The molecule has 152 valence electrons. The van der Waals surface area contributed by atoms with Crippen LogP contribution in [0.15, 0.2) is 18.2 Å². The van der Waals surface area contributed by atoms with Crippen molar-refractivity contribution in [1.29, 1.82) is 0 Å². The number of hydrogen-bond donors (Lipinski definition) is 3. The molecule has 1 unspecified atom stereocenters. The fraction of sp³-hybridized carbons (Fsp3) is 0.650. The third-order valence-corrected chi connectivity index (χ3v) is 4.74. The third kappa shape index (κ3) is 7.11. The number of nitrogens with one attached hydrogen (secondary N) is 2. The maximum absolute atomic E-state index is 12.2. The van der Waals surface area contributed by atoms with Crippen molar-refractivity contribution in [3.05, 3.63) is 23.8 Å². The molecule has 6 nitrogen and oxygen atoms in total. The molecule has 0 aromatic heterocycles. The van der Waals surface area contributed by atoms with Crippen LogP contribution in [0.5, 0.6) is 0 Å². The Kier molecular flexibility index (Phi) is 7.62. The number of likely N-dealkylation sites (tertiary alicyclic amines) is 1. The van der Waals surface area contributed by atoms with Gasteiger partial charge in [-0.1, -0.05) is 6.07 Å². The van der Waals surface area contributed by atoms with Gasteiger partial charge in [0.05, 0.1) is 23.4 Å². The van der Waals surface area contributed by atoms with Gasteiger partial charge in [0.25, 0.3) is 0 Å². The van der Waals surface area contributed by atoms with Gasteiger partial charge in [-0.05, 0) is 58.2 Å². The van der Waals surface area contributed by atoms with E-state index < -0.39 is 11.7 Å². The van der Waals surface area contributed by atoms with E-state index in [-0.39, 0.29) is 18.0 Å². The van der Waals surface area contributed by atoms with Gasteiger partial charge in [0.2, 0.25) is 0 Å². The zero-order valence-electron chi connectivity index (χ0n) is 16.7. The monoisotopic (exact) mass is 397 g/mol. The summed E-state index contributed by atoms with van der Waals surface area (Å²) in [5.74, 6) is 0.199. The van der Waals surface area contributed by atoms with Crippen molar-refractivity contribution >= 4 is 29.1 Å². The van der Waals surface area contributed by atoms with Gasteiger partial charge in [-0.15, -0.1) is 11.6 Å². The summed E-state index contributed by atoms with van der Waals surface area (Å²) in [5.41, 5.74) is 2.64. The number of carbonyl (C=O) groups excluding carboxylic acids is 1. The molecule has 1 amide bonds. The maximum atomic E-state index is 12.2. The topological polar surface area (TPSA) is 73.8 Å². The van der Waals surface area contributed by atoms with Crippen LogP contribution in [0.3, 0.4) is 0 Å². The van der Waals surface area contributed by atoms with Crippen LogP contribution in [-0.4, -0.2) is 59.4 Å². The number of piperidine rings is 1. The largest absolute Gasteiger partial charge is 0.444 e. The molecular formula is C20H32ClN3O3. The summed E-state index contributed by atoms with van der Waals surface area (Å²) in [5, 5.41) is 16.5. The number of amides is 1. The number of aliphatic hydroxyl groups is 1. The number of carbonyl (C=O) groups is 1. The number of ether oxygens (including phenoxy) is 1. The second kappa shape index (κ2) is 9.51. The van der Waals surface area contributed by atoms with Gasteiger partial charge >= 0.3 is 6.09 Å². The molecular weight excluding hydrogens is 366 g/mol. The van der Waals surface area contributed by atoms with E-state index in [0.29, 0.717) is 19.6 Å². The van der Waals surface area contributed by atoms with E-state index in [1.165, 1.54) is 0 Å². The molecule has 0 radical (unpaired) electrons. The Morgan fingerprint density at radius 1 is 1.33 bits per heavy atom. The van der Waals surface area contributed by atoms with Crippen molar-refractivity contribution in [2.24, 2.45) is 0 Å². The summed E-state index contributed by atoms with van der Waals surface area (Å²) in [4.78, 5) is 14.0. The Morgan fingerprint density at radius 2 is 2.00 bits per heavy atom. The van der Waals surface area contributed by atoms with E-state index >= 15 is 0 Å². The quantitative estimate of drug-likeness (QED) is 0.636. The van der Waals surface area contributed by atoms with Crippen LogP contribution in [0.1, 0.15) is 39.2 Å². The lowest BCUT2D eigenvalue weighted by atomic mass is 10.0. The SMILES string of the molecule is Cc1ccc(NCC(O)CCl)c(NC2CCN(C(=O)OC(C)(C)C)CC2)c1. The summed E-state index contributed by atoms with van der Waals surface area (Å²) in [6, 6.07) is 6.42. The molecule has 0 aliphatic carbocycles. The fourth-order valence-electron chi connectivity index (χ4n) is 2.97. The molecule has 3 N–H and O–H groups in total. The Balaban J connectivity index is 1.92. The summed E-state index contributed by atoms with van der Waals surface area (Å²) < 4.78 is 5.45. The Morgan fingerprint density at radius 3 is 2.59 bits per heavy atom. The van der Waals surface area contributed by atoms with E-state index in [1.54, 1.807) is 4.90 Å². The zero-order chi connectivity index (χ0) is 20.0. The third-order valence-electron chi connectivity index (χ3n) is 4.39. The Labute approximate surface area is 167 Å². The van der Waals surface area contributed by atoms with Gasteiger partial charge in [-0.2, -0.15) is 0 Å². The van der Waals surface area contributed by atoms with E-state index in [4.69, 9.17) is 16.3 Å². The molecule has 1 saturated heterocycles. The molecule has 0 bridgehead atoms. The van der Waals surface area contributed by atoms with Crippen LogP contribution >= 0.6 is 11.6 Å². The smallest absolute Gasteiger partial charge is 0.410 e. The predicted octanol–water partition coefficient (Wildman–Crippen LogP) is 3.82. The van der Waals surface area contributed by atoms with Gasteiger partial charge in [0, 0.05) is 25.7 Å². The number of aliphatic hydroxyl groups excluding tert-OH is 1. The van der Waals surface area contributed by atoms with Gasteiger partial charge in [-0.25, -0.2) is 4.79 Å². The second-order valence-corrected chi connectivity index (χ2v) is 8.43. The van der Waals surface area contributed by atoms with E-state index in [1.807, 2.05) is 39.8 Å². The minimum absolute atomic E-state index is 0.199. The number of alkyl halides is 1. The lowest BCUT2D eigenvalue weighted by molar-refractivity contribution is 0.0210. The van der Waals surface area contributed by atoms with Gasteiger partial charge in [0.15, 0.2) is 0 Å². The first-order chi connectivity index (χ1) is 12.7. The van der Waals surface area contributed by atoms with Crippen molar-refractivity contribution in [3.8, 4) is 0 Å². The highest BCUT2D eigenvalue weighted by atomic mass is 35.5. The molecule has 7 heteroatoms. The Bertz CT molecular complexity index is 625. The first kappa shape index (κ1) is 21.6. The molecule has 0 saturated carbocycles. The zero-order valence-corrected chi connectivity index (χ0v) is 17.5. The lowest BCUT2D eigenvalue weighted by Gasteiger charge is -2.34. The van der Waals surface area contributed by atoms with Crippen LogP contribution < -0.4 is 10.6 Å². The highest BCUT2D eigenvalue weighted by Gasteiger charge is 2.27. The highest BCUT2D eigenvalue weighted by molar-refractivity contribution is 6.18. The summed E-state index contributed by atoms with van der Waals surface area (Å²) in [7, 11) is 0. The molecule has 0 spiro atoms. The lowest BCUT2D eigenvalue weighted by Crippen LogP contribution is -2.44. The average Bonchev–Trinajstić information content (AvgIpc) is 2.60. The first-order valence-corrected chi connectivity index (χ1v) is 10.0. The molecule has 1 aromatic rings. The van der Waals surface area contributed by atoms with Crippen LogP contribution in [-0.2, 0) is 4.74 Å². The first-order valence-electron chi connectivity index (χ1n) is 9.51. The van der Waals surface area contributed by atoms with Crippen molar-refractivity contribution in [3.63, 3.8) is 0 Å². The van der Waals surface area contributed by atoms with Crippen molar-refractivity contribution in [1.82, 2.24) is 4.90 Å². The predicted molar refractivity (Wildman–Crippen MR) is 111 cm³/mol. The molecule has 1 atom stereocenters. The number of rotatable bonds is 6. The summed E-state index contributed by atoms with van der Waals surface area (Å²) >= 11 is 5.67. The fourth-order valence-corrected chi connectivity index (χ4v) is 3.08.